The number of carbonyl (C=O) groups is 1. The molecular weight excluding hydrogens is 195 g/mol. The highest BCUT2D eigenvalue weighted by molar-refractivity contribution is 7.52. The lowest BCUT2D eigenvalue weighted by molar-refractivity contribution is -0.137. The third kappa shape index (κ3) is 7.71. The van der Waals surface area contributed by atoms with Crippen LogP contribution < -0.4 is 0 Å². The summed E-state index contributed by atoms with van der Waals surface area (Å²) in [4.78, 5) is 27.9. The van der Waals surface area contributed by atoms with Crippen molar-refractivity contribution < 1.29 is 23.9 Å². The highest BCUT2D eigenvalue weighted by atomic mass is 31.2. The van der Waals surface area contributed by atoms with Crippen LogP contribution in [0.1, 0.15) is 13.8 Å². The van der Waals surface area contributed by atoms with Crippen molar-refractivity contribution in [2.24, 2.45) is 0 Å². The molecule has 0 bridgehead atoms. The minimum absolute atomic E-state index is 0.249. The fourth-order valence-electron chi connectivity index (χ4n) is 0.756. The summed E-state index contributed by atoms with van der Waals surface area (Å²) in [5, 5.41) is 0. The van der Waals surface area contributed by atoms with E-state index < -0.39 is 19.7 Å². The SMILES string of the molecule is CCOC(=O)/C=C(\C)CP(=O)(O)O. The Morgan fingerprint density at radius 1 is 1.54 bits per heavy atom. The van der Waals surface area contributed by atoms with Crippen LogP contribution in [0, 0.1) is 0 Å². The molecule has 2 N–H and O–H groups in total. The van der Waals surface area contributed by atoms with E-state index in [-0.39, 0.29) is 6.61 Å². The fraction of sp³-hybridized carbons (Fsp3) is 0.571. The van der Waals surface area contributed by atoms with Crippen molar-refractivity contribution in [2.45, 2.75) is 13.8 Å². The molecule has 0 saturated carbocycles. The fourth-order valence-corrected chi connectivity index (χ4v) is 1.50. The van der Waals surface area contributed by atoms with Crippen molar-refractivity contribution >= 4 is 13.6 Å². The first kappa shape index (κ1) is 12.4. The minimum Gasteiger partial charge on any atom is -0.463 e. The number of rotatable bonds is 4. The molecule has 0 spiro atoms. The van der Waals surface area contributed by atoms with E-state index in [2.05, 4.69) is 4.74 Å². The number of carbonyl (C=O) groups excluding carboxylic acids is 1. The first-order valence-corrected chi connectivity index (χ1v) is 5.53. The molecule has 0 aliphatic heterocycles. The van der Waals surface area contributed by atoms with Crippen LogP contribution in [-0.2, 0) is 14.1 Å². The second-order valence-corrected chi connectivity index (χ2v) is 4.21. The monoisotopic (exact) mass is 208 g/mol. The van der Waals surface area contributed by atoms with Gasteiger partial charge in [0.2, 0.25) is 0 Å². The summed E-state index contributed by atoms with van der Waals surface area (Å²) in [5.41, 5.74) is 0.312. The number of hydrogen-bond donors (Lipinski definition) is 2. The third-order valence-corrected chi connectivity index (χ3v) is 2.02. The molecule has 0 unspecified atom stereocenters. The Morgan fingerprint density at radius 3 is 2.46 bits per heavy atom. The Morgan fingerprint density at radius 2 is 2.08 bits per heavy atom. The van der Waals surface area contributed by atoms with Gasteiger partial charge in [-0.05, 0) is 13.8 Å². The highest BCUT2D eigenvalue weighted by Gasteiger charge is 2.14. The second kappa shape index (κ2) is 5.17. The van der Waals surface area contributed by atoms with Crippen LogP contribution >= 0.6 is 7.60 Å². The van der Waals surface area contributed by atoms with Crippen LogP contribution in [-0.4, -0.2) is 28.5 Å². The van der Waals surface area contributed by atoms with Gasteiger partial charge in [0.25, 0.3) is 0 Å². The predicted octanol–water partition coefficient (Wildman–Crippen LogP) is 0.673. The van der Waals surface area contributed by atoms with E-state index in [1.54, 1.807) is 6.92 Å². The predicted molar refractivity (Wildman–Crippen MR) is 47.3 cm³/mol. The molecule has 0 aromatic rings. The summed E-state index contributed by atoms with van der Waals surface area (Å²) < 4.78 is 15.0. The van der Waals surface area contributed by atoms with Crippen LogP contribution in [0.25, 0.3) is 0 Å². The molecule has 0 atom stereocenters. The summed E-state index contributed by atoms with van der Waals surface area (Å²) in [6.07, 6.45) is 0.675. The van der Waals surface area contributed by atoms with Crippen LogP contribution in [0.5, 0.6) is 0 Å². The molecule has 0 saturated heterocycles. The van der Waals surface area contributed by atoms with Crippen molar-refractivity contribution in [3.05, 3.63) is 11.6 Å². The Labute approximate surface area is 76.6 Å². The number of esters is 1. The van der Waals surface area contributed by atoms with Crippen molar-refractivity contribution in [2.75, 3.05) is 12.8 Å². The van der Waals surface area contributed by atoms with Gasteiger partial charge >= 0.3 is 13.6 Å². The molecule has 0 radical (unpaired) electrons. The third-order valence-electron chi connectivity index (χ3n) is 1.11. The number of hydrogen-bond acceptors (Lipinski definition) is 3. The van der Waals surface area contributed by atoms with Gasteiger partial charge in [0.1, 0.15) is 0 Å². The van der Waals surface area contributed by atoms with Gasteiger partial charge in [0.15, 0.2) is 0 Å². The molecule has 13 heavy (non-hydrogen) atoms. The first-order chi connectivity index (χ1) is 5.85. The lowest BCUT2D eigenvalue weighted by Gasteiger charge is -2.03. The zero-order chi connectivity index (χ0) is 10.5. The molecule has 0 aliphatic carbocycles. The normalized spacial score (nSPS) is 12.8. The maximum absolute atomic E-state index is 10.8. The number of allylic oxidation sites excluding steroid dienone is 1. The average Bonchev–Trinajstić information content (AvgIpc) is 1.81. The van der Waals surface area contributed by atoms with Gasteiger partial charge in [0, 0.05) is 6.08 Å². The zero-order valence-corrected chi connectivity index (χ0v) is 8.45. The van der Waals surface area contributed by atoms with Crippen molar-refractivity contribution in [3.8, 4) is 0 Å². The van der Waals surface area contributed by atoms with Gasteiger partial charge in [-0.15, -0.1) is 0 Å². The van der Waals surface area contributed by atoms with E-state index in [0.29, 0.717) is 5.57 Å². The minimum atomic E-state index is -4.07. The highest BCUT2D eigenvalue weighted by Crippen LogP contribution is 2.36. The van der Waals surface area contributed by atoms with Crippen LogP contribution in [0.2, 0.25) is 0 Å². The molecule has 5 nitrogen and oxygen atoms in total. The van der Waals surface area contributed by atoms with Crippen LogP contribution in [0.3, 0.4) is 0 Å². The summed E-state index contributed by atoms with van der Waals surface area (Å²) in [6, 6.07) is 0. The second-order valence-electron chi connectivity index (χ2n) is 2.57. The van der Waals surface area contributed by atoms with Crippen molar-refractivity contribution in [3.63, 3.8) is 0 Å². The van der Waals surface area contributed by atoms with Gasteiger partial charge in [-0.25, -0.2) is 4.79 Å². The molecule has 0 rings (SSSR count). The standard InChI is InChI=1S/C7H13O5P/c1-3-12-7(8)4-6(2)5-13(9,10)11/h4H,3,5H2,1-2H3,(H2,9,10,11)/b6-4+. The van der Waals surface area contributed by atoms with E-state index in [1.165, 1.54) is 6.92 Å². The summed E-state index contributed by atoms with van der Waals surface area (Å²) in [5.74, 6) is -0.576. The van der Waals surface area contributed by atoms with E-state index in [9.17, 15) is 9.36 Å². The Bertz CT molecular complexity index is 252. The van der Waals surface area contributed by atoms with Gasteiger partial charge < -0.3 is 14.5 Å². The van der Waals surface area contributed by atoms with E-state index >= 15 is 0 Å². The van der Waals surface area contributed by atoms with Crippen molar-refractivity contribution in [1.82, 2.24) is 0 Å². The summed E-state index contributed by atoms with van der Waals surface area (Å²) in [6.45, 7) is 3.37. The summed E-state index contributed by atoms with van der Waals surface area (Å²) in [7, 11) is -4.07. The molecular formula is C7H13O5P. The Balaban J connectivity index is 4.17. The maximum atomic E-state index is 10.8. The zero-order valence-electron chi connectivity index (χ0n) is 7.56. The van der Waals surface area contributed by atoms with E-state index in [4.69, 9.17) is 9.79 Å². The first-order valence-electron chi connectivity index (χ1n) is 3.73. The lowest BCUT2D eigenvalue weighted by Crippen LogP contribution is -2.01. The Kier molecular flexibility index (Phi) is 4.91. The van der Waals surface area contributed by atoms with Crippen LogP contribution in [0.15, 0.2) is 11.6 Å². The van der Waals surface area contributed by atoms with Crippen LogP contribution in [0.4, 0.5) is 0 Å². The molecule has 0 aromatic heterocycles. The molecule has 6 heteroatoms. The lowest BCUT2D eigenvalue weighted by atomic mass is 10.3. The molecule has 0 aromatic carbocycles. The molecule has 0 heterocycles. The average molecular weight is 208 g/mol. The van der Waals surface area contributed by atoms with Gasteiger partial charge in [-0.3, -0.25) is 4.57 Å². The van der Waals surface area contributed by atoms with Gasteiger partial charge in [-0.1, -0.05) is 5.57 Å². The largest absolute Gasteiger partial charge is 0.463 e. The summed E-state index contributed by atoms with van der Waals surface area (Å²) >= 11 is 0. The molecule has 76 valence electrons. The Hall–Kier alpha value is -0.640. The van der Waals surface area contributed by atoms with Crippen molar-refractivity contribution in [1.29, 1.82) is 0 Å². The maximum Gasteiger partial charge on any atom is 0.330 e. The van der Waals surface area contributed by atoms with E-state index in [1.807, 2.05) is 0 Å². The smallest absolute Gasteiger partial charge is 0.330 e. The number of ether oxygens (including phenoxy) is 1. The van der Waals surface area contributed by atoms with E-state index in [0.717, 1.165) is 6.08 Å². The quantitative estimate of drug-likeness (QED) is 0.403. The molecule has 0 amide bonds. The molecule has 0 fully saturated rings. The van der Waals surface area contributed by atoms with Gasteiger partial charge in [0.05, 0.1) is 12.8 Å². The van der Waals surface area contributed by atoms with Gasteiger partial charge in [-0.2, -0.15) is 0 Å². The topological polar surface area (TPSA) is 83.8 Å². The molecule has 0 aliphatic rings.